The zero-order valence-electron chi connectivity index (χ0n) is 14.6. The first-order valence-electron chi connectivity index (χ1n) is 7.37. The van der Waals surface area contributed by atoms with Crippen molar-refractivity contribution in [3.63, 3.8) is 0 Å². The van der Waals surface area contributed by atoms with E-state index in [0.717, 1.165) is 17.2 Å². The van der Waals surface area contributed by atoms with Gasteiger partial charge in [-0.15, -0.1) is 0 Å². The molecule has 0 saturated heterocycles. The van der Waals surface area contributed by atoms with Crippen molar-refractivity contribution in [3.8, 4) is 5.75 Å². The van der Waals surface area contributed by atoms with E-state index < -0.39 is 11.5 Å². The summed E-state index contributed by atoms with van der Waals surface area (Å²) in [6, 6.07) is 7.23. The van der Waals surface area contributed by atoms with E-state index in [1.54, 1.807) is 26.2 Å². The zero-order valence-corrected chi connectivity index (χ0v) is 15.4. The monoisotopic (exact) mass is 343 g/mol. The third-order valence-corrected chi connectivity index (χ3v) is 3.94. The summed E-state index contributed by atoms with van der Waals surface area (Å²) in [7, 11) is 2.95. The molecule has 1 rings (SSSR count). The van der Waals surface area contributed by atoms with Crippen molar-refractivity contribution < 1.29 is 19.1 Å². The second-order valence-electron chi connectivity index (χ2n) is 5.34. The van der Waals surface area contributed by atoms with E-state index in [4.69, 9.17) is 16.3 Å². The van der Waals surface area contributed by atoms with Gasteiger partial charge in [-0.2, -0.15) is 0 Å². The Morgan fingerprint density at radius 2 is 1.78 bits per heavy atom. The van der Waals surface area contributed by atoms with Crippen LogP contribution in [0.5, 0.6) is 5.75 Å². The molecule has 0 aliphatic heterocycles. The minimum absolute atomic E-state index is 0.0406. The topological polar surface area (TPSA) is 64.6 Å². The average Bonchev–Trinajstić information content (AvgIpc) is 2.53. The Morgan fingerprint density at radius 1 is 1.26 bits per heavy atom. The van der Waals surface area contributed by atoms with Crippen LogP contribution in [-0.2, 0) is 14.3 Å². The van der Waals surface area contributed by atoms with Crippen LogP contribution >= 0.6 is 11.6 Å². The highest BCUT2D eigenvalue weighted by molar-refractivity contribution is 6.30. The molecule has 0 aliphatic rings. The van der Waals surface area contributed by atoms with Gasteiger partial charge in [-0.3, -0.25) is 4.79 Å². The number of benzene rings is 1. The lowest BCUT2D eigenvalue weighted by molar-refractivity contribution is -0.152. The Balaban J connectivity index is 0.000000459. The van der Waals surface area contributed by atoms with Crippen molar-refractivity contribution in [1.29, 1.82) is 0 Å². The number of rotatable bonds is 5. The van der Waals surface area contributed by atoms with Crippen LogP contribution in [0.3, 0.4) is 0 Å². The molecule has 0 bridgehead atoms. The second kappa shape index (κ2) is 10.1. The number of hydrogen-bond acceptors (Lipinski definition) is 4. The Morgan fingerprint density at radius 3 is 2.13 bits per heavy atom. The van der Waals surface area contributed by atoms with E-state index >= 15 is 0 Å². The number of esters is 1. The van der Waals surface area contributed by atoms with Crippen LogP contribution in [0.2, 0.25) is 5.02 Å². The fourth-order valence-corrected chi connectivity index (χ4v) is 2.06. The first-order valence-corrected chi connectivity index (χ1v) is 7.75. The second-order valence-corrected chi connectivity index (χ2v) is 5.78. The predicted octanol–water partition coefficient (Wildman–Crippen LogP) is 3.45. The molecule has 1 N–H and O–H groups in total. The van der Waals surface area contributed by atoms with E-state index in [0.29, 0.717) is 0 Å². The van der Waals surface area contributed by atoms with Crippen LogP contribution in [0.1, 0.15) is 34.1 Å². The summed E-state index contributed by atoms with van der Waals surface area (Å²) in [5, 5.41) is 3.38. The fraction of sp³-hybridized carbons (Fsp3) is 0.529. The molecule has 1 aromatic rings. The third kappa shape index (κ3) is 6.91. The van der Waals surface area contributed by atoms with Gasteiger partial charge < -0.3 is 14.8 Å². The van der Waals surface area contributed by atoms with Gasteiger partial charge in [0, 0.05) is 11.9 Å². The third-order valence-electron chi connectivity index (χ3n) is 3.69. The molecule has 0 heterocycles. The number of nitrogens with one attached hydrogen (secondary N) is 1. The molecule has 2 atom stereocenters. The van der Waals surface area contributed by atoms with Gasteiger partial charge in [0.25, 0.3) is 0 Å². The fourth-order valence-electron chi connectivity index (χ4n) is 1.93. The average molecular weight is 344 g/mol. The highest BCUT2D eigenvalue weighted by Gasteiger charge is 2.39. The molecule has 5 nitrogen and oxygen atoms in total. The lowest BCUT2D eigenvalue weighted by atomic mass is 9.85. The molecule has 0 fully saturated rings. The van der Waals surface area contributed by atoms with Crippen LogP contribution in [-0.4, -0.2) is 31.6 Å². The zero-order chi connectivity index (χ0) is 18.0. The van der Waals surface area contributed by atoms with Gasteiger partial charge in [0.15, 0.2) is 0 Å². The quantitative estimate of drug-likeness (QED) is 0.832. The van der Waals surface area contributed by atoms with Gasteiger partial charge in [0.2, 0.25) is 5.91 Å². The van der Waals surface area contributed by atoms with Gasteiger partial charge in [-0.25, -0.2) is 4.79 Å². The van der Waals surface area contributed by atoms with Crippen molar-refractivity contribution in [2.24, 2.45) is 5.92 Å². The summed E-state index contributed by atoms with van der Waals surface area (Å²) >= 11 is 5.61. The van der Waals surface area contributed by atoms with E-state index in [1.165, 1.54) is 14.0 Å². The van der Waals surface area contributed by atoms with E-state index in [9.17, 15) is 9.59 Å². The number of methoxy groups -OCH3 is 2. The number of ether oxygens (including phenoxy) is 2. The lowest BCUT2D eigenvalue weighted by Crippen LogP contribution is -2.56. The van der Waals surface area contributed by atoms with Gasteiger partial charge >= 0.3 is 5.97 Å². The van der Waals surface area contributed by atoms with Crippen molar-refractivity contribution in [1.82, 2.24) is 5.32 Å². The molecule has 0 saturated carbocycles. The number of carbonyl (C=O) groups is 2. The molecule has 0 spiro atoms. The number of hydrogen-bond donors (Lipinski definition) is 1. The number of halogens is 1. The standard InChI is InChI=1S/C10H19NO3.C7H7ClO/c1-6-7(2)10(4,9(13)14-5)11-8(3)12;1-9-7-4-2-6(8)3-5-7/h7H,6H2,1-5H3,(H,11,12);2-5H,1H3. The summed E-state index contributed by atoms with van der Waals surface area (Å²) in [6.07, 6.45) is 0.798. The van der Waals surface area contributed by atoms with Crippen molar-refractivity contribution in [2.75, 3.05) is 14.2 Å². The SMILES string of the molecule is CCC(C)C(C)(NC(C)=O)C(=O)OC.COc1ccc(Cl)cc1. The van der Waals surface area contributed by atoms with E-state index in [-0.39, 0.29) is 11.8 Å². The molecule has 2 unspecified atom stereocenters. The lowest BCUT2D eigenvalue weighted by Gasteiger charge is -2.32. The molecule has 0 radical (unpaired) electrons. The van der Waals surface area contributed by atoms with Crippen molar-refractivity contribution in [2.45, 2.75) is 39.7 Å². The van der Waals surface area contributed by atoms with Gasteiger partial charge in [0.1, 0.15) is 11.3 Å². The van der Waals surface area contributed by atoms with Gasteiger partial charge in [-0.05, 0) is 37.1 Å². The maximum atomic E-state index is 11.5. The molecular formula is C17H26ClNO4. The van der Waals surface area contributed by atoms with Crippen LogP contribution in [0, 0.1) is 5.92 Å². The van der Waals surface area contributed by atoms with Crippen molar-refractivity contribution >= 4 is 23.5 Å². The van der Waals surface area contributed by atoms with Gasteiger partial charge in [0.05, 0.1) is 14.2 Å². The summed E-state index contributed by atoms with van der Waals surface area (Å²) in [5.74, 6) is 0.249. The molecule has 0 aromatic heterocycles. The largest absolute Gasteiger partial charge is 0.497 e. The predicted molar refractivity (Wildman–Crippen MR) is 91.7 cm³/mol. The maximum absolute atomic E-state index is 11.5. The summed E-state index contributed by atoms with van der Waals surface area (Å²) < 4.78 is 9.60. The Labute approximate surface area is 143 Å². The molecule has 6 heteroatoms. The van der Waals surface area contributed by atoms with E-state index in [1.807, 2.05) is 26.0 Å². The molecular weight excluding hydrogens is 318 g/mol. The number of amides is 1. The molecule has 1 amide bonds. The van der Waals surface area contributed by atoms with Crippen LogP contribution in [0.25, 0.3) is 0 Å². The first kappa shape index (κ1) is 21.2. The molecule has 0 aliphatic carbocycles. The first-order chi connectivity index (χ1) is 10.7. The molecule has 130 valence electrons. The van der Waals surface area contributed by atoms with Crippen molar-refractivity contribution in [3.05, 3.63) is 29.3 Å². The maximum Gasteiger partial charge on any atom is 0.331 e. The normalized spacial score (nSPS) is 13.7. The van der Waals surface area contributed by atoms with Crippen LogP contribution < -0.4 is 10.1 Å². The Bertz CT molecular complexity index is 504. The summed E-state index contributed by atoms with van der Waals surface area (Å²) in [4.78, 5) is 22.5. The smallest absolute Gasteiger partial charge is 0.331 e. The highest BCUT2D eigenvalue weighted by Crippen LogP contribution is 2.21. The minimum Gasteiger partial charge on any atom is -0.497 e. The van der Waals surface area contributed by atoms with Crippen LogP contribution in [0.4, 0.5) is 0 Å². The molecule has 23 heavy (non-hydrogen) atoms. The van der Waals surface area contributed by atoms with Crippen LogP contribution in [0.15, 0.2) is 24.3 Å². The highest BCUT2D eigenvalue weighted by atomic mass is 35.5. The minimum atomic E-state index is -0.921. The summed E-state index contributed by atoms with van der Waals surface area (Å²) in [5.41, 5.74) is -0.921. The molecule has 1 aromatic carbocycles. The number of carbonyl (C=O) groups excluding carboxylic acids is 2. The summed E-state index contributed by atoms with van der Waals surface area (Å²) in [6.45, 7) is 6.96. The Kier molecular flexibility index (Phi) is 9.34. The van der Waals surface area contributed by atoms with Gasteiger partial charge in [-0.1, -0.05) is 31.9 Å². The Hall–Kier alpha value is -1.75. The van der Waals surface area contributed by atoms with E-state index in [2.05, 4.69) is 10.1 Å².